The second-order valence-electron chi connectivity index (χ2n) is 5.27. The fourth-order valence-electron chi connectivity index (χ4n) is 2.48. The largest absolute Gasteiger partial charge is 0.478 e. The van der Waals surface area contributed by atoms with E-state index in [9.17, 15) is 14.3 Å². The topological polar surface area (TPSA) is 50.2 Å². The van der Waals surface area contributed by atoms with Crippen LogP contribution >= 0.6 is 0 Å². The van der Waals surface area contributed by atoms with Crippen molar-refractivity contribution in [3.8, 4) is 11.3 Å². The lowest BCUT2D eigenvalue weighted by atomic mass is 9.99. The van der Waals surface area contributed by atoms with Crippen molar-refractivity contribution < 1.29 is 14.3 Å². The minimum absolute atomic E-state index is 0.201. The molecule has 1 N–H and O–H groups in total. The Balaban J connectivity index is 2.35. The molecule has 0 aliphatic carbocycles. The summed E-state index contributed by atoms with van der Waals surface area (Å²) in [6.45, 7) is 3.88. The van der Waals surface area contributed by atoms with Gasteiger partial charge in [0.15, 0.2) is 0 Å². The molecule has 0 spiro atoms. The Morgan fingerprint density at radius 2 is 1.77 bits per heavy atom. The molecule has 0 amide bonds. The van der Waals surface area contributed by atoms with Crippen molar-refractivity contribution in [2.75, 3.05) is 0 Å². The van der Waals surface area contributed by atoms with Gasteiger partial charge in [-0.15, -0.1) is 0 Å². The van der Waals surface area contributed by atoms with Crippen molar-refractivity contribution in [2.45, 2.75) is 13.8 Å². The Morgan fingerprint density at radius 3 is 2.41 bits per heavy atom. The Kier molecular flexibility index (Phi) is 3.37. The van der Waals surface area contributed by atoms with Gasteiger partial charge in [0.1, 0.15) is 5.82 Å². The van der Waals surface area contributed by atoms with E-state index >= 15 is 0 Å². The van der Waals surface area contributed by atoms with E-state index in [1.807, 2.05) is 19.9 Å². The first kappa shape index (κ1) is 14.2. The maximum Gasteiger partial charge on any atom is 0.336 e. The van der Waals surface area contributed by atoms with Crippen LogP contribution in [0.1, 0.15) is 21.5 Å². The van der Waals surface area contributed by atoms with Crippen molar-refractivity contribution in [3.63, 3.8) is 0 Å². The molecule has 1 aromatic heterocycles. The highest BCUT2D eigenvalue weighted by atomic mass is 19.1. The molecule has 0 saturated heterocycles. The van der Waals surface area contributed by atoms with E-state index in [1.165, 1.54) is 18.2 Å². The van der Waals surface area contributed by atoms with Crippen LogP contribution < -0.4 is 0 Å². The summed E-state index contributed by atoms with van der Waals surface area (Å²) in [5, 5.41) is 10.1. The second kappa shape index (κ2) is 5.22. The molecule has 0 unspecified atom stereocenters. The van der Waals surface area contributed by atoms with Crippen LogP contribution in [0.3, 0.4) is 0 Å². The zero-order chi connectivity index (χ0) is 15.9. The number of hydrogen-bond acceptors (Lipinski definition) is 2. The quantitative estimate of drug-likeness (QED) is 0.764. The van der Waals surface area contributed by atoms with Gasteiger partial charge < -0.3 is 5.11 Å². The molecule has 22 heavy (non-hydrogen) atoms. The zero-order valence-electron chi connectivity index (χ0n) is 12.2. The number of aryl methyl sites for hydroxylation is 2. The zero-order valence-corrected chi connectivity index (χ0v) is 12.2. The summed E-state index contributed by atoms with van der Waals surface area (Å²) in [5.41, 5.74) is 4.08. The van der Waals surface area contributed by atoms with E-state index in [1.54, 1.807) is 18.2 Å². The fraction of sp³-hybridized carbons (Fsp3) is 0.111. The number of aromatic carboxylic acids is 1. The van der Waals surface area contributed by atoms with E-state index in [0.717, 1.165) is 11.1 Å². The molecule has 0 radical (unpaired) electrons. The minimum Gasteiger partial charge on any atom is -0.478 e. The maximum atomic E-state index is 13.1. The molecule has 0 bridgehead atoms. The highest BCUT2D eigenvalue weighted by Gasteiger charge is 2.15. The molecule has 0 aliphatic heterocycles. The van der Waals surface area contributed by atoms with Gasteiger partial charge in [-0.3, -0.25) is 0 Å². The molecule has 0 fully saturated rings. The molecular formula is C18H14FNO2. The summed E-state index contributed by atoms with van der Waals surface area (Å²) < 4.78 is 13.1. The third-order valence-corrected chi connectivity index (χ3v) is 3.88. The first-order chi connectivity index (χ1) is 10.5. The molecule has 110 valence electrons. The van der Waals surface area contributed by atoms with E-state index in [-0.39, 0.29) is 11.4 Å². The Bertz CT molecular complexity index is 886. The second-order valence-corrected chi connectivity index (χ2v) is 5.27. The van der Waals surface area contributed by atoms with E-state index < -0.39 is 5.97 Å². The van der Waals surface area contributed by atoms with Gasteiger partial charge in [-0.2, -0.15) is 0 Å². The van der Waals surface area contributed by atoms with Crippen LogP contribution in [0.2, 0.25) is 0 Å². The standard InChI is InChI=1S/C18H14FNO2/c1-10-3-8-14-15(18(21)22)9-16(20-17(14)11(10)2)12-4-6-13(19)7-5-12/h3-9H,1-2H3,(H,21,22). The summed E-state index contributed by atoms with van der Waals surface area (Å²) in [5.74, 6) is -1.34. The number of halogens is 1. The van der Waals surface area contributed by atoms with E-state index in [0.29, 0.717) is 22.2 Å². The molecule has 1 heterocycles. The summed E-state index contributed by atoms with van der Waals surface area (Å²) in [4.78, 5) is 16.2. The lowest BCUT2D eigenvalue weighted by Gasteiger charge is -2.10. The number of rotatable bonds is 2. The van der Waals surface area contributed by atoms with Crippen molar-refractivity contribution in [3.05, 3.63) is 65.0 Å². The van der Waals surface area contributed by atoms with Crippen molar-refractivity contribution in [1.82, 2.24) is 4.98 Å². The molecule has 2 aromatic carbocycles. The average molecular weight is 295 g/mol. The van der Waals surface area contributed by atoms with Gasteiger partial charge in [-0.05, 0) is 55.3 Å². The molecule has 3 rings (SSSR count). The predicted octanol–water partition coefficient (Wildman–Crippen LogP) is 4.36. The molecular weight excluding hydrogens is 281 g/mol. The molecule has 3 aromatic rings. The molecule has 0 atom stereocenters. The lowest BCUT2D eigenvalue weighted by Crippen LogP contribution is -2.02. The highest BCUT2D eigenvalue weighted by Crippen LogP contribution is 2.28. The Hall–Kier alpha value is -2.75. The van der Waals surface area contributed by atoms with Crippen LogP contribution in [-0.2, 0) is 0 Å². The SMILES string of the molecule is Cc1ccc2c(C(=O)O)cc(-c3ccc(F)cc3)nc2c1C. The third kappa shape index (κ3) is 2.33. The number of carboxylic acid groups (broad SMARTS) is 1. The highest BCUT2D eigenvalue weighted by molar-refractivity contribution is 6.04. The molecule has 3 nitrogen and oxygen atoms in total. The fourth-order valence-corrected chi connectivity index (χ4v) is 2.48. The van der Waals surface area contributed by atoms with Gasteiger partial charge in [-0.25, -0.2) is 14.2 Å². The number of aromatic nitrogens is 1. The normalized spacial score (nSPS) is 10.9. The molecule has 4 heteroatoms. The number of carboxylic acids is 1. The average Bonchev–Trinajstić information content (AvgIpc) is 2.51. The van der Waals surface area contributed by atoms with Gasteiger partial charge >= 0.3 is 5.97 Å². The van der Waals surface area contributed by atoms with Crippen molar-refractivity contribution in [2.24, 2.45) is 0 Å². The predicted molar refractivity (Wildman–Crippen MR) is 83.6 cm³/mol. The van der Waals surface area contributed by atoms with Gasteiger partial charge in [0.2, 0.25) is 0 Å². The Morgan fingerprint density at radius 1 is 1.09 bits per heavy atom. The van der Waals surface area contributed by atoms with E-state index in [2.05, 4.69) is 4.98 Å². The molecule has 0 aliphatic rings. The van der Waals surface area contributed by atoms with Gasteiger partial charge in [0.25, 0.3) is 0 Å². The van der Waals surface area contributed by atoms with Gasteiger partial charge in [0.05, 0.1) is 16.8 Å². The monoisotopic (exact) mass is 295 g/mol. The van der Waals surface area contributed by atoms with Crippen LogP contribution in [0, 0.1) is 19.7 Å². The third-order valence-electron chi connectivity index (χ3n) is 3.88. The smallest absolute Gasteiger partial charge is 0.336 e. The van der Waals surface area contributed by atoms with Gasteiger partial charge in [0, 0.05) is 10.9 Å². The summed E-state index contributed by atoms with van der Waals surface area (Å²) in [6, 6.07) is 11.1. The van der Waals surface area contributed by atoms with Crippen LogP contribution in [0.15, 0.2) is 42.5 Å². The van der Waals surface area contributed by atoms with Crippen LogP contribution in [-0.4, -0.2) is 16.1 Å². The number of benzene rings is 2. The number of carbonyl (C=O) groups is 1. The summed E-state index contributed by atoms with van der Waals surface area (Å²) in [7, 11) is 0. The Labute approximate surface area is 127 Å². The van der Waals surface area contributed by atoms with Crippen LogP contribution in [0.4, 0.5) is 4.39 Å². The van der Waals surface area contributed by atoms with E-state index in [4.69, 9.17) is 0 Å². The number of fused-ring (bicyclic) bond motifs is 1. The summed E-state index contributed by atoms with van der Waals surface area (Å²) in [6.07, 6.45) is 0. The maximum absolute atomic E-state index is 13.1. The first-order valence-corrected chi connectivity index (χ1v) is 6.87. The number of hydrogen-bond donors (Lipinski definition) is 1. The van der Waals surface area contributed by atoms with Gasteiger partial charge in [-0.1, -0.05) is 12.1 Å². The number of nitrogens with zero attached hydrogens (tertiary/aromatic N) is 1. The first-order valence-electron chi connectivity index (χ1n) is 6.87. The van der Waals surface area contributed by atoms with Crippen LogP contribution in [0.5, 0.6) is 0 Å². The van der Waals surface area contributed by atoms with Crippen molar-refractivity contribution >= 4 is 16.9 Å². The van der Waals surface area contributed by atoms with Crippen molar-refractivity contribution in [1.29, 1.82) is 0 Å². The lowest BCUT2D eigenvalue weighted by molar-refractivity contribution is 0.0699. The number of pyridine rings is 1. The minimum atomic E-state index is -1.00. The molecule has 0 saturated carbocycles. The van der Waals surface area contributed by atoms with Crippen LogP contribution in [0.25, 0.3) is 22.2 Å². The summed E-state index contributed by atoms with van der Waals surface area (Å²) >= 11 is 0.